The SMILES string of the molecule is CC(C)=CC(=O)C[C@@H](C)[C@H]1CC[C@@]2(C)C3=CC[C@H]4C(C)(C)C(=O)CC[C@]4(C)[C@H]3CC[C@]12C. The normalized spacial score (nSPS) is 43.4. The highest BCUT2D eigenvalue weighted by atomic mass is 16.1. The van der Waals surface area contributed by atoms with E-state index in [0.29, 0.717) is 41.7 Å². The summed E-state index contributed by atoms with van der Waals surface area (Å²) in [6, 6.07) is 0. The van der Waals surface area contributed by atoms with E-state index in [1.54, 1.807) is 5.57 Å². The van der Waals surface area contributed by atoms with Crippen molar-refractivity contribution in [3.05, 3.63) is 23.3 Å². The van der Waals surface area contributed by atoms with Crippen molar-refractivity contribution in [3.8, 4) is 0 Å². The monoisotopic (exact) mass is 438 g/mol. The lowest BCUT2D eigenvalue weighted by molar-refractivity contribution is -0.146. The van der Waals surface area contributed by atoms with Crippen molar-refractivity contribution in [1.29, 1.82) is 0 Å². The lowest BCUT2D eigenvalue weighted by atomic mass is 9.41. The zero-order valence-electron chi connectivity index (χ0n) is 21.9. The molecule has 4 rings (SSSR count). The van der Waals surface area contributed by atoms with E-state index in [4.69, 9.17) is 0 Å². The molecule has 0 amide bonds. The van der Waals surface area contributed by atoms with Crippen LogP contribution in [-0.2, 0) is 9.59 Å². The Morgan fingerprint density at radius 1 is 1.09 bits per heavy atom. The number of carbonyl (C=O) groups is 2. The van der Waals surface area contributed by atoms with Gasteiger partial charge in [0.2, 0.25) is 0 Å². The quantitative estimate of drug-likeness (QED) is 0.332. The summed E-state index contributed by atoms with van der Waals surface area (Å²) < 4.78 is 0. The van der Waals surface area contributed by atoms with Crippen molar-refractivity contribution in [2.75, 3.05) is 0 Å². The molecule has 3 saturated carbocycles. The van der Waals surface area contributed by atoms with Gasteiger partial charge in [-0.05, 0) is 98.4 Å². The largest absolute Gasteiger partial charge is 0.299 e. The van der Waals surface area contributed by atoms with E-state index in [2.05, 4.69) is 47.6 Å². The van der Waals surface area contributed by atoms with Crippen molar-refractivity contribution in [2.45, 2.75) is 107 Å². The predicted octanol–water partition coefficient (Wildman–Crippen LogP) is 7.72. The van der Waals surface area contributed by atoms with Crippen LogP contribution in [0.5, 0.6) is 0 Å². The smallest absolute Gasteiger partial charge is 0.155 e. The van der Waals surface area contributed by atoms with Gasteiger partial charge in [0.25, 0.3) is 0 Å². The summed E-state index contributed by atoms with van der Waals surface area (Å²) >= 11 is 0. The maximum Gasteiger partial charge on any atom is 0.155 e. The number of allylic oxidation sites excluding steroid dienone is 4. The van der Waals surface area contributed by atoms with Gasteiger partial charge in [-0.15, -0.1) is 0 Å². The lowest BCUT2D eigenvalue weighted by Gasteiger charge is -2.63. The van der Waals surface area contributed by atoms with Crippen LogP contribution in [0.4, 0.5) is 0 Å². The summed E-state index contributed by atoms with van der Waals surface area (Å²) in [5.41, 5.74) is 3.37. The molecule has 0 radical (unpaired) electrons. The molecule has 0 spiro atoms. The number of carbonyl (C=O) groups excluding carboxylic acids is 2. The maximum atomic E-state index is 12.8. The van der Waals surface area contributed by atoms with E-state index in [9.17, 15) is 9.59 Å². The first-order valence-corrected chi connectivity index (χ1v) is 13.2. The van der Waals surface area contributed by atoms with Gasteiger partial charge in [-0.1, -0.05) is 58.8 Å². The fourth-order valence-electron chi connectivity index (χ4n) is 9.31. The third-order valence-electron chi connectivity index (χ3n) is 11.3. The minimum absolute atomic E-state index is 0.200. The molecule has 2 nitrogen and oxygen atoms in total. The van der Waals surface area contributed by atoms with Crippen LogP contribution in [0.15, 0.2) is 23.3 Å². The Hall–Kier alpha value is -1.18. The number of rotatable bonds is 4. The first-order valence-electron chi connectivity index (χ1n) is 13.2. The van der Waals surface area contributed by atoms with Crippen molar-refractivity contribution in [3.63, 3.8) is 0 Å². The average Bonchev–Trinajstić information content (AvgIpc) is 2.96. The first-order chi connectivity index (χ1) is 14.8. The Morgan fingerprint density at radius 3 is 2.44 bits per heavy atom. The average molecular weight is 439 g/mol. The summed E-state index contributed by atoms with van der Waals surface area (Å²) in [6.45, 7) is 18.4. The highest BCUT2D eigenvalue weighted by Crippen LogP contribution is 2.73. The molecule has 0 aromatic heterocycles. The van der Waals surface area contributed by atoms with Crippen LogP contribution < -0.4 is 0 Å². The molecule has 0 aromatic carbocycles. The molecule has 4 aliphatic rings. The zero-order chi connectivity index (χ0) is 23.7. The third-order valence-corrected chi connectivity index (χ3v) is 11.3. The van der Waals surface area contributed by atoms with Gasteiger partial charge in [0.05, 0.1) is 0 Å². The lowest BCUT2D eigenvalue weighted by Crippen LogP contribution is -2.57. The molecule has 32 heavy (non-hydrogen) atoms. The van der Waals surface area contributed by atoms with E-state index >= 15 is 0 Å². The molecule has 0 N–H and O–H groups in total. The van der Waals surface area contributed by atoms with E-state index in [0.717, 1.165) is 24.8 Å². The van der Waals surface area contributed by atoms with E-state index < -0.39 is 0 Å². The van der Waals surface area contributed by atoms with Gasteiger partial charge < -0.3 is 0 Å². The molecule has 3 fully saturated rings. The molecule has 0 heterocycles. The van der Waals surface area contributed by atoms with Crippen LogP contribution in [0.3, 0.4) is 0 Å². The van der Waals surface area contributed by atoms with E-state index in [1.807, 2.05) is 19.9 Å². The minimum Gasteiger partial charge on any atom is -0.299 e. The number of fused-ring (bicyclic) bond motifs is 5. The second-order valence-electron chi connectivity index (χ2n) is 13.5. The van der Waals surface area contributed by atoms with Crippen LogP contribution in [0.1, 0.15) is 107 Å². The molecular formula is C30H46O2. The molecule has 0 saturated heterocycles. The fraction of sp³-hybridized carbons (Fsp3) is 0.800. The van der Waals surface area contributed by atoms with Crippen molar-refractivity contribution in [2.24, 2.45) is 45.3 Å². The third kappa shape index (κ3) is 3.25. The van der Waals surface area contributed by atoms with Crippen molar-refractivity contribution >= 4 is 11.6 Å². The summed E-state index contributed by atoms with van der Waals surface area (Å²) in [6.07, 6.45) is 13.0. The number of ketones is 2. The Kier molecular flexibility index (Phi) is 5.74. The van der Waals surface area contributed by atoms with Gasteiger partial charge in [-0.2, -0.15) is 0 Å². The first kappa shape index (κ1) is 24.0. The van der Waals surface area contributed by atoms with E-state index in [-0.39, 0.29) is 21.7 Å². The second kappa shape index (κ2) is 7.67. The molecular weight excluding hydrogens is 392 g/mol. The molecule has 0 aromatic rings. The van der Waals surface area contributed by atoms with Gasteiger partial charge in [0, 0.05) is 18.3 Å². The minimum atomic E-state index is -0.200. The van der Waals surface area contributed by atoms with Crippen molar-refractivity contribution < 1.29 is 9.59 Å². The standard InChI is InChI=1S/C30H46O2/c1-19(2)17-21(31)18-20(3)22-11-15-30(8)24-9-10-25-27(4,5)26(32)13-14-28(25,6)23(24)12-16-29(22,30)7/h9,17,20,22-23,25H,10-16,18H2,1-8H3/t20-,22-,23+,25+,28-,29-,30+/m1/s1. The highest BCUT2D eigenvalue weighted by Gasteiger charge is 2.65. The Morgan fingerprint density at radius 2 is 1.78 bits per heavy atom. The molecule has 0 bridgehead atoms. The topological polar surface area (TPSA) is 34.1 Å². The van der Waals surface area contributed by atoms with E-state index in [1.165, 1.54) is 25.7 Å². The summed E-state index contributed by atoms with van der Waals surface area (Å²) in [7, 11) is 0. The van der Waals surface area contributed by atoms with Crippen LogP contribution in [-0.4, -0.2) is 11.6 Å². The highest BCUT2D eigenvalue weighted by molar-refractivity contribution is 5.90. The number of hydrogen-bond acceptors (Lipinski definition) is 2. The molecule has 178 valence electrons. The molecule has 2 heteroatoms. The van der Waals surface area contributed by atoms with Gasteiger partial charge in [-0.25, -0.2) is 0 Å². The van der Waals surface area contributed by atoms with Crippen LogP contribution in [0.25, 0.3) is 0 Å². The number of Topliss-reactive ketones (excluding diaryl/α,β-unsaturated/α-hetero) is 1. The second-order valence-corrected chi connectivity index (χ2v) is 13.5. The zero-order valence-corrected chi connectivity index (χ0v) is 21.9. The van der Waals surface area contributed by atoms with Crippen LogP contribution in [0, 0.1) is 45.3 Å². The molecule has 0 aliphatic heterocycles. The maximum absolute atomic E-state index is 12.8. The predicted molar refractivity (Wildman–Crippen MR) is 132 cm³/mol. The van der Waals surface area contributed by atoms with Crippen LogP contribution >= 0.6 is 0 Å². The fourth-order valence-corrected chi connectivity index (χ4v) is 9.31. The molecule has 7 atom stereocenters. The van der Waals surface area contributed by atoms with Crippen molar-refractivity contribution in [1.82, 2.24) is 0 Å². The Bertz CT molecular complexity index is 871. The van der Waals surface area contributed by atoms with Crippen LogP contribution in [0.2, 0.25) is 0 Å². The number of hydrogen-bond donors (Lipinski definition) is 0. The van der Waals surface area contributed by atoms with Gasteiger partial charge in [0.1, 0.15) is 5.78 Å². The summed E-state index contributed by atoms with van der Waals surface area (Å²) in [4.78, 5) is 25.4. The Labute approximate surface area is 196 Å². The summed E-state index contributed by atoms with van der Waals surface area (Å²) in [5.74, 6) is 2.90. The summed E-state index contributed by atoms with van der Waals surface area (Å²) in [5, 5.41) is 0. The molecule has 4 aliphatic carbocycles. The Balaban J connectivity index is 1.64. The van der Waals surface area contributed by atoms with Gasteiger partial charge >= 0.3 is 0 Å². The van der Waals surface area contributed by atoms with Gasteiger partial charge in [-0.3, -0.25) is 9.59 Å². The van der Waals surface area contributed by atoms with Gasteiger partial charge in [0.15, 0.2) is 5.78 Å². The molecule has 0 unspecified atom stereocenters.